The molecule has 1 aliphatic rings. The van der Waals surface area contributed by atoms with Gasteiger partial charge < -0.3 is 14.7 Å². The molecule has 13 heavy (non-hydrogen) atoms. The van der Waals surface area contributed by atoms with Crippen molar-refractivity contribution < 1.29 is 14.6 Å². The zero-order chi connectivity index (χ0) is 9.84. The van der Waals surface area contributed by atoms with Gasteiger partial charge in [-0.2, -0.15) is 0 Å². The Kier molecular flexibility index (Phi) is 3.69. The lowest BCUT2D eigenvalue weighted by Gasteiger charge is -2.31. The van der Waals surface area contributed by atoms with Crippen molar-refractivity contribution in [2.24, 2.45) is 0 Å². The second-order valence-corrected chi connectivity index (χ2v) is 3.47. The number of amides is 1. The number of carbonyl (C=O) groups excluding carboxylic acids is 1. The first-order chi connectivity index (χ1) is 6.13. The minimum Gasteiger partial charge on any atom is -0.384 e. The first kappa shape index (κ1) is 10.5. The monoisotopic (exact) mass is 187 g/mol. The molecule has 0 aromatic carbocycles. The van der Waals surface area contributed by atoms with Crippen LogP contribution in [0.25, 0.3) is 0 Å². The standard InChI is InChI=1S/C9H17NO3/c1-7(11)9(12)10(2)8-3-5-13-6-4-8/h7-8,11H,3-6H2,1-2H3. The highest BCUT2D eigenvalue weighted by molar-refractivity contribution is 5.80. The van der Waals surface area contributed by atoms with Crippen LogP contribution in [-0.4, -0.2) is 48.3 Å². The van der Waals surface area contributed by atoms with Gasteiger partial charge in [0.1, 0.15) is 6.10 Å². The molecule has 0 radical (unpaired) electrons. The SMILES string of the molecule is CC(O)C(=O)N(C)C1CCOCC1. The van der Waals surface area contributed by atoms with Gasteiger partial charge in [0, 0.05) is 26.3 Å². The molecule has 1 saturated heterocycles. The van der Waals surface area contributed by atoms with Crippen LogP contribution < -0.4 is 0 Å². The zero-order valence-corrected chi connectivity index (χ0v) is 8.19. The lowest BCUT2D eigenvalue weighted by Crippen LogP contribution is -2.44. The van der Waals surface area contributed by atoms with Crippen LogP contribution in [0.4, 0.5) is 0 Å². The summed E-state index contributed by atoms with van der Waals surface area (Å²) in [6.07, 6.45) is 0.844. The number of aliphatic hydroxyl groups excluding tert-OH is 1. The summed E-state index contributed by atoms with van der Waals surface area (Å²) >= 11 is 0. The molecule has 0 bridgehead atoms. The molecule has 1 heterocycles. The minimum absolute atomic E-state index is 0.202. The number of likely N-dealkylation sites (N-methyl/N-ethyl adjacent to an activating group) is 1. The van der Waals surface area contributed by atoms with Crippen LogP contribution in [0.15, 0.2) is 0 Å². The molecular weight excluding hydrogens is 170 g/mol. The van der Waals surface area contributed by atoms with Gasteiger partial charge in [-0.15, -0.1) is 0 Å². The fourth-order valence-corrected chi connectivity index (χ4v) is 1.55. The van der Waals surface area contributed by atoms with Gasteiger partial charge in [-0.3, -0.25) is 4.79 Å². The normalized spacial score (nSPS) is 21.2. The van der Waals surface area contributed by atoms with E-state index in [0.717, 1.165) is 12.8 Å². The molecule has 0 saturated carbocycles. The van der Waals surface area contributed by atoms with Crippen LogP contribution in [-0.2, 0) is 9.53 Å². The highest BCUT2D eigenvalue weighted by Crippen LogP contribution is 2.13. The maximum atomic E-state index is 11.4. The van der Waals surface area contributed by atoms with Crippen LogP contribution in [0, 0.1) is 0 Å². The number of nitrogens with zero attached hydrogens (tertiary/aromatic N) is 1. The van der Waals surface area contributed by atoms with Crippen molar-refractivity contribution in [3.05, 3.63) is 0 Å². The van der Waals surface area contributed by atoms with Crippen molar-refractivity contribution in [2.75, 3.05) is 20.3 Å². The smallest absolute Gasteiger partial charge is 0.251 e. The van der Waals surface area contributed by atoms with E-state index in [9.17, 15) is 4.79 Å². The van der Waals surface area contributed by atoms with Crippen LogP contribution >= 0.6 is 0 Å². The number of hydrogen-bond donors (Lipinski definition) is 1. The van der Waals surface area contributed by atoms with Crippen LogP contribution in [0.1, 0.15) is 19.8 Å². The largest absolute Gasteiger partial charge is 0.384 e. The summed E-state index contributed by atoms with van der Waals surface area (Å²) in [7, 11) is 1.74. The first-order valence-electron chi connectivity index (χ1n) is 4.65. The molecule has 0 spiro atoms. The Hall–Kier alpha value is -0.610. The van der Waals surface area contributed by atoms with E-state index >= 15 is 0 Å². The van der Waals surface area contributed by atoms with Gasteiger partial charge in [0.25, 0.3) is 5.91 Å². The molecule has 1 atom stereocenters. The van der Waals surface area contributed by atoms with E-state index in [1.807, 2.05) is 0 Å². The van der Waals surface area contributed by atoms with E-state index in [0.29, 0.717) is 13.2 Å². The van der Waals surface area contributed by atoms with Crippen molar-refractivity contribution in [1.82, 2.24) is 4.90 Å². The molecule has 0 aromatic rings. The summed E-state index contributed by atoms with van der Waals surface area (Å²) < 4.78 is 5.19. The number of rotatable bonds is 2. The Balaban J connectivity index is 2.45. The van der Waals surface area contributed by atoms with Gasteiger partial charge in [-0.05, 0) is 19.8 Å². The molecule has 1 unspecified atom stereocenters. The van der Waals surface area contributed by atoms with Gasteiger partial charge in [0.05, 0.1) is 0 Å². The average molecular weight is 187 g/mol. The molecule has 1 amide bonds. The van der Waals surface area contributed by atoms with E-state index in [1.54, 1.807) is 11.9 Å². The Morgan fingerprint density at radius 3 is 2.54 bits per heavy atom. The van der Waals surface area contributed by atoms with E-state index in [4.69, 9.17) is 9.84 Å². The van der Waals surface area contributed by atoms with E-state index in [-0.39, 0.29) is 11.9 Å². The third-order valence-electron chi connectivity index (χ3n) is 2.44. The predicted molar refractivity (Wildman–Crippen MR) is 48.3 cm³/mol. The highest BCUT2D eigenvalue weighted by Gasteiger charge is 2.24. The van der Waals surface area contributed by atoms with Gasteiger partial charge in [-0.25, -0.2) is 0 Å². The second kappa shape index (κ2) is 4.58. The Morgan fingerprint density at radius 2 is 2.08 bits per heavy atom. The van der Waals surface area contributed by atoms with E-state index < -0.39 is 6.10 Å². The van der Waals surface area contributed by atoms with Crippen LogP contribution in [0.5, 0.6) is 0 Å². The Morgan fingerprint density at radius 1 is 1.54 bits per heavy atom. The minimum atomic E-state index is -0.896. The lowest BCUT2D eigenvalue weighted by molar-refractivity contribution is -0.141. The summed E-state index contributed by atoms with van der Waals surface area (Å²) in [4.78, 5) is 13.0. The molecular formula is C9H17NO3. The van der Waals surface area contributed by atoms with Crippen LogP contribution in [0.2, 0.25) is 0 Å². The molecule has 0 aromatic heterocycles. The zero-order valence-electron chi connectivity index (χ0n) is 8.19. The number of aliphatic hydroxyl groups is 1. The molecule has 4 nitrogen and oxygen atoms in total. The average Bonchev–Trinajstić information content (AvgIpc) is 2.17. The summed E-state index contributed by atoms with van der Waals surface area (Å²) in [5.41, 5.74) is 0. The lowest BCUT2D eigenvalue weighted by atomic mass is 10.1. The fourth-order valence-electron chi connectivity index (χ4n) is 1.55. The molecule has 4 heteroatoms. The first-order valence-corrected chi connectivity index (χ1v) is 4.65. The third-order valence-corrected chi connectivity index (χ3v) is 2.44. The molecule has 1 fully saturated rings. The van der Waals surface area contributed by atoms with Crippen molar-refractivity contribution in [1.29, 1.82) is 0 Å². The summed E-state index contributed by atoms with van der Waals surface area (Å²) in [6, 6.07) is 0.232. The molecule has 0 aliphatic carbocycles. The van der Waals surface area contributed by atoms with E-state index in [1.165, 1.54) is 6.92 Å². The van der Waals surface area contributed by atoms with Gasteiger partial charge in [0.15, 0.2) is 0 Å². The van der Waals surface area contributed by atoms with Crippen molar-refractivity contribution in [2.45, 2.75) is 31.9 Å². The van der Waals surface area contributed by atoms with Gasteiger partial charge in [-0.1, -0.05) is 0 Å². The second-order valence-electron chi connectivity index (χ2n) is 3.47. The van der Waals surface area contributed by atoms with Crippen LogP contribution in [0.3, 0.4) is 0 Å². The van der Waals surface area contributed by atoms with E-state index in [2.05, 4.69) is 0 Å². The van der Waals surface area contributed by atoms with Gasteiger partial charge in [0.2, 0.25) is 0 Å². The topological polar surface area (TPSA) is 49.8 Å². The maximum absolute atomic E-state index is 11.4. The Bertz CT molecular complexity index is 176. The predicted octanol–water partition coefficient (Wildman–Crippen LogP) is 0.00460. The van der Waals surface area contributed by atoms with Crippen molar-refractivity contribution >= 4 is 5.91 Å². The Labute approximate surface area is 78.5 Å². The maximum Gasteiger partial charge on any atom is 0.251 e. The fraction of sp³-hybridized carbons (Fsp3) is 0.889. The summed E-state index contributed by atoms with van der Waals surface area (Å²) in [5.74, 6) is -0.202. The van der Waals surface area contributed by atoms with Gasteiger partial charge >= 0.3 is 0 Å². The summed E-state index contributed by atoms with van der Waals surface area (Å²) in [5, 5.41) is 9.10. The van der Waals surface area contributed by atoms with Crippen molar-refractivity contribution in [3.63, 3.8) is 0 Å². The number of carbonyl (C=O) groups is 1. The quantitative estimate of drug-likeness (QED) is 0.662. The summed E-state index contributed by atoms with van der Waals surface area (Å²) in [6.45, 7) is 2.92. The molecule has 1 N–H and O–H groups in total. The molecule has 76 valence electrons. The molecule has 1 aliphatic heterocycles. The number of hydrogen-bond acceptors (Lipinski definition) is 3. The highest BCUT2D eigenvalue weighted by atomic mass is 16.5. The third kappa shape index (κ3) is 2.67. The number of ether oxygens (including phenoxy) is 1. The molecule has 1 rings (SSSR count). The van der Waals surface area contributed by atoms with Crippen molar-refractivity contribution in [3.8, 4) is 0 Å².